The second kappa shape index (κ2) is 7.07. The van der Waals surface area contributed by atoms with Crippen molar-refractivity contribution in [3.05, 3.63) is 63.3 Å². The molecular formula is C24H22F4N4O2. The van der Waals surface area contributed by atoms with Crippen LogP contribution in [0.15, 0.2) is 29.2 Å². The predicted octanol–water partition coefficient (Wildman–Crippen LogP) is 4.78. The zero-order chi connectivity index (χ0) is 23.9. The fraction of sp³-hybridized carbons (Fsp3) is 0.500. The standard InChI is InChI=1S/C24H22F4N4O2/c1-12-16(25)7-15-19(22-9-23(10-22,11-22)24(26,27)28)31-20(32-21(15)30-12)13-4-5-34-17(6-13)14-2-3-18(33)29-8-14/h2-3,7-8,13,17H,4-6,9-11H2,1H3,(H,29,33)/t13-,17+,22?,23?/m0/s1. The number of halogens is 4. The predicted molar refractivity (Wildman–Crippen MR) is 114 cm³/mol. The van der Waals surface area contributed by atoms with E-state index in [4.69, 9.17) is 9.72 Å². The number of fused-ring (bicyclic) bond motifs is 1. The van der Waals surface area contributed by atoms with Gasteiger partial charge in [-0.2, -0.15) is 13.2 Å². The van der Waals surface area contributed by atoms with Gasteiger partial charge in [-0.05, 0) is 56.7 Å². The lowest BCUT2D eigenvalue weighted by Gasteiger charge is -2.70. The Kier molecular flexibility index (Phi) is 4.50. The Bertz CT molecular complexity index is 1330. The number of H-pyrrole nitrogens is 1. The number of aryl methyl sites for hydroxylation is 1. The van der Waals surface area contributed by atoms with Crippen molar-refractivity contribution in [2.75, 3.05) is 6.61 Å². The van der Waals surface area contributed by atoms with E-state index in [2.05, 4.69) is 15.0 Å². The van der Waals surface area contributed by atoms with Crippen molar-refractivity contribution < 1.29 is 22.3 Å². The fourth-order valence-electron chi connectivity index (χ4n) is 5.95. The van der Waals surface area contributed by atoms with E-state index < -0.39 is 22.8 Å². The third-order valence-corrected chi connectivity index (χ3v) is 7.80. The van der Waals surface area contributed by atoms with Gasteiger partial charge in [-0.3, -0.25) is 4.79 Å². The van der Waals surface area contributed by atoms with Crippen LogP contribution in [0.3, 0.4) is 0 Å². The van der Waals surface area contributed by atoms with Crippen LogP contribution >= 0.6 is 0 Å². The second-order valence-electron chi connectivity index (χ2n) is 10.0. The molecule has 4 fully saturated rings. The largest absolute Gasteiger partial charge is 0.394 e. The quantitative estimate of drug-likeness (QED) is 0.553. The molecule has 1 N–H and O–H groups in total. The molecule has 4 aliphatic rings. The zero-order valence-corrected chi connectivity index (χ0v) is 18.4. The molecule has 0 spiro atoms. The number of aromatic nitrogens is 4. The maximum Gasteiger partial charge on any atom is 0.394 e. The first-order valence-corrected chi connectivity index (χ1v) is 11.3. The summed E-state index contributed by atoms with van der Waals surface area (Å²) < 4.78 is 60.8. The van der Waals surface area contributed by atoms with Crippen LogP contribution in [0.25, 0.3) is 11.0 Å². The van der Waals surface area contributed by atoms with Gasteiger partial charge in [-0.15, -0.1) is 0 Å². The Labute approximate surface area is 191 Å². The molecule has 0 amide bonds. The van der Waals surface area contributed by atoms with Crippen LogP contribution in [0.4, 0.5) is 17.6 Å². The lowest BCUT2D eigenvalue weighted by Crippen LogP contribution is -2.70. The molecule has 2 atom stereocenters. The molecule has 3 aromatic rings. The van der Waals surface area contributed by atoms with Crippen LogP contribution in [0.5, 0.6) is 0 Å². The molecule has 0 unspecified atom stereocenters. The minimum Gasteiger partial charge on any atom is -0.373 e. The average molecular weight is 474 g/mol. The number of alkyl halides is 3. The van der Waals surface area contributed by atoms with Crippen LogP contribution in [0.1, 0.15) is 66.9 Å². The average Bonchev–Trinajstić information content (AvgIpc) is 2.72. The van der Waals surface area contributed by atoms with Crippen molar-refractivity contribution in [3.63, 3.8) is 0 Å². The van der Waals surface area contributed by atoms with Crippen molar-refractivity contribution in [2.24, 2.45) is 5.41 Å². The van der Waals surface area contributed by atoms with Gasteiger partial charge in [0.05, 0.1) is 22.9 Å². The molecule has 4 heterocycles. The molecule has 3 aliphatic carbocycles. The van der Waals surface area contributed by atoms with Crippen molar-refractivity contribution in [1.29, 1.82) is 0 Å². The maximum absolute atomic E-state index is 14.4. The highest BCUT2D eigenvalue weighted by atomic mass is 19.4. The van der Waals surface area contributed by atoms with Crippen LogP contribution in [0, 0.1) is 18.2 Å². The molecule has 1 aliphatic heterocycles. The van der Waals surface area contributed by atoms with Crippen LogP contribution < -0.4 is 5.56 Å². The second-order valence-corrected chi connectivity index (χ2v) is 10.0. The minimum atomic E-state index is -4.24. The first-order valence-electron chi connectivity index (χ1n) is 11.3. The SMILES string of the molecule is Cc1nc2nc([C@H]3CCO[C@@H](c4ccc(=O)[nH]c4)C3)nc(C34CC(C(F)(F)F)(C3)C4)c2cc1F. The summed E-state index contributed by atoms with van der Waals surface area (Å²) in [6, 6.07) is 4.46. The van der Waals surface area contributed by atoms with Gasteiger partial charge in [0.1, 0.15) is 11.6 Å². The summed E-state index contributed by atoms with van der Waals surface area (Å²) >= 11 is 0. The van der Waals surface area contributed by atoms with Crippen molar-refractivity contribution in [2.45, 2.75) is 62.6 Å². The molecule has 34 heavy (non-hydrogen) atoms. The number of aromatic amines is 1. The Balaban J connectivity index is 1.39. The highest BCUT2D eigenvalue weighted by molar-refractivity contribution is 5.80. The van der Waals surface area contributed by atoms with Crippen molar-refractivity contribution in [3.8, 4) is 0 Å². The number of rotatable bonds is 3. The molecule has 1 saturated heterocycles. The molecule has 7 rings (SSSR count). The van der Waals surface area contributed by atoms with Gasteiger partial charge in [0, 0.05) is 35.6 Å². The van der Waals surface area contributed by atoms with E-state index in [1.807, 2.05) is 0 Å². The summed E-state index contributed by atoms with van der Waals surface area (Å²) in [5.41, 5.74) is -0.747. The van der Waals surface area contributed by atoms with Gasteiger partial charge in [0.15, 0.2) is 5.65 Å². The van der Waals surface area contributed by atoms with E-state index in [0.717, 1.165) is 5.56 Å². The smallest absolute Gasteiger partial charge is 0.373 e. The molecular weight excluding hydrogens is 452 g/mol. The lowest BCUT2D eigenvalue weighted by molar-refractivity contribution is -0.337. The topological polar surface area (TPSA) is 80.8 Å². The molecule has 10 heteroatoms. The van der Waals surface area contributed by atoms with E-state index in [0.29, 0.717) is 42.0 Å². The summed E-state index contributed by atoms with van der Waals surface area (Å²) in [6.07, 6.45) is -1.79. The van der Waals surface area contributed by atoms with Gasteiger partial charge in [-0.1, -0.05) is 0 Å². The van der Waals surface area contributed by atoms with Crippen LogP contribution in [-0.2, 0) is 10.2 Å². The van der Waals surface area contributed by atoms with Crippen molar-refractivity contribution >= 4 is 11.0 Å². The van der Waals surface area contributed by atoms with Gasteiger partial charge in [0.25, 0.3) is 0 Å². The Morgan fingerprint density at radius 2 is 1.91 bits per heavy atom. The Morgan fingerprint density at radius 3 is 2.59 bits per heavy atom. The van der Waals surface area contributed by atoms with E-state index in [1.165, 1.54) is 19.1 Å². The zero-order valence-electron chi connectivity index (χ0n) is 18.4. The van der Waals surface area contributed by atoms with E-state index in [1.54, 1.807) is 12.3 Å². The number of hydrogen-bond donors (Lipinski definition) is 1. The minimum absolute atomic E-state index is 0.0294. The molecule has 6 nitrogen and oxygen atoms in total. The number of ether oxygens (including phenoxy) is 1. The lowest BCUT2D eigenvalue weighted by atomic mass is 9.33. The first-order chi connectivity index (χ1) is 16.1. The summed E-state index contributed by atoms with van der Waals surface area (Å²) in [5, 5.41) is 0.395. The van der Waals surface area contributed by atoms with Crippen molar-refractivity contribution in [1.82, 2.24) is 19.9 Å². The van der Waals surface area contributed by atoms with Gasteiger partial charge in [-0.25, -0.2) is 19.3 Å². The van der Waals surface area contributed by atoms with E-state index in [9.17, 15) is 22.4 Å². The summed E-state index contributed by atoms with van der Waals surface area (Å²) in [7, 11) is 0. The normalized spacial score (nSPS) is 30.6. The number of nitrogens with one attached hydrogen (secondary N) is 1. The number of pyridine rings is 2. The highest BCUT2D eigenvalue weighted by Gasteiger charge is 2.79. The Morgan fingerprint density at radius 1 is 1.15 bits per heavy atom. The fourth-order valence-corrected chi connectivity index (χ4v) is 5.95. The van der Waals surface area contributed by atoms with Crippen LogP contribution in [-0.4, -0.2) is 32.7 Å². The molecule has 0 aromatic carbocycles. The molecule has 178 valence electrons. The number of hydrogen-bond acceptors (Lipinski definition) is 5. The van der Waals surface area contributed by atoms with E-state index in [-0.39, 0.29) is 42.5 Å². The third kappa shape index (κ3) is 3.10. The van der Waals surface area contributed by atoms with Crippen LogP contribution in [0.2, 0.25) is 0 Å². The summed E-state index contributed by atoms with van der Waals surface area (Å²) in [5.74, 6) is -0.124. The number of nitrogens with zero attached hydrogens (tertiary/aromatic N) is 3. The molecule has 2 bridgehead atoms. The monoisotopic (exact) mass is 474 g/mol. The molecule has 0 radical (unpaired) electrons. The Hall–Kier alpha value is -2.88. The highest BCUT2D eigenvalue weighted by Crippen LogP contribution is 2.78. The van der Waals surface area contributed by atoms with Gasteiger partial charge < -0.3 is 9.72 Å². The third-order valence-electron chi connectivity index (χ3n) is 7.80. The maximum atomic E-state index is 14.4. The first kappa shape index (κ1) is 21.6. The molecule has 3 aromatic heterocycles. The van der Waals surface area contributed by atoms with Gasteiger partial charge in [0.2, 0.25) is 5.56 Å². The summed E-state index contributed by atoms with van der Waals surface area (Å²) in [4.78, 5) is 27.8. The molecule has 3 saturated carbocycles. The summed E-state index contributed by atoms with van der Waals surface area (Å²) in [6.45, 7) is 1.99. The van der Waals surface area contributed by atoms with Gasteiger partial charge >= 0.3 is 6.18 Å². The van der Waals surface area contributed by atoms with E-state index >= 15 is 0 Å².